The molecule has 3 aromatic rings. The minimum atomic E-state index is 0.251. The van der Waals surface area contributed by atoms with E-state index in [9.17, 15) is 5.11 Å². The first-order chi connectivity index (χ1) is 8.63. The van der Waals surface area contributed by atoms with E-state index >= 15 is 0 Å². The molecule has 0 unspecified atom stereocenters. The van der Waals surface area contributed by atoms with Gasteiger partial charge < -0.3 is 5.11 Å². The van der Waals surface area contributed by atoms with E-state index < -0.39 is 0 Å². The van der Waals surface area contributed by atoms with Gasteiger partial charge in [0.2, 0.25) is 0 Å². The Kier molecular flexibility index (Phi) is 3.17. The van der Waals surface area contributed by atoms with Crippen molar-refractivity contribution in [3.63, 3.8) is 0 Å². The first-order valence-corrected chi connectivity index (χ1v) is 7.46. The Balaban J connectivity index is 2.22. The zero-order chi connectivity index (χ0) is 12.7. The zero-order valence-electron chi connectivity index (χ0n) is 9.02. The standard InChI is InChI=1S/C13H7ClINOS/c14-7-1-4-12-10(5-7)16-13(18-12)9-6-8(15)2-3-11(9)17/h1-6,17H. The van der Waals surface area contributed by atoms with Gasteiger partial charge in [0.25, 0.3) is 0 Å². The third kappa shape index (κ3) is 2.20. The summed E-state index contributed by atoms with van der Waals surface area (Å²) < 4.78 is 2.13. The molecular weight excluding hydrogens is 381 g/mol. The Morgan fingerprint density at radius 3 is 2.83 bits per heavy atom. The normalized spacial score (nSPS) is 11.0. The molecule has 0 saturated carbocycles. The third-order valence-corrected chi connectivity index (χ3v) is 4.51. The number of fused-ring (bicyclic) bond motifs is 1. The lowest BCUT2D eigenvalue weighted by molar-refractivity contribution is 0.477. The van der Waals surface area contributed by atoms with Crippen LogP contribution in [0.1, 0.15) is 0 Å². The average molecular weight is 388 g/mol. The lowest BCUT2D eigenvalue weighted by atomic mass is 10.2. The third-order valence-electron chi connectivity index (χ3n) is 2.54. The van der Waals surface area contributed by atoms with E-state index in [2.05, 4.69) is 27.6 Å². The van der Waals surface area contributed by atoms with Gasteiger partial charge in [-0.1, -0.05) is 11.6 Å². The van der Waals surface area contributed by atoms with Crippen LogP contribution in [0.2, 0.25) is 5.02 Å². The predicted octanol–water partition coefficient (Wildman–Crippen LogP) is 4.93. The zero-order valence-corrected chi connectivity index (χ0v) is 12.8. The van der Waals surface area contributed by atoms with Crippen molar-refractivity contribution in [1.29, 1.82) is 0 Å². The van der Waals surface area contributed by atoms with Gasteiger partial charge in [0.15, 0.2) is 0 Å². The molecule has 0 saturated heterocycles. The maximum Gasteiger partial charge on any atom is 0.128 e. The number of hydrogen-bond donors (Lipinski definition) is 1. The summed E-state index contributed by atoms with van der Waals surface area (Å²) >= 11 is 9.71. The number of thiazole rings is 1. The van der Waals surface area contributed by atoms with Crippen molar-refractivity contribution in [2.45, 2.75) is 0 Å². The van der Waals surface area contributed by atoms with Crippen LogP contribution < -0.4 is 0 Å². The minimum absolute atomic E-state index is 0.251. The molecule has 0 aliphatic rings. The number of aromatic nitrogens is 1. The fourth-order valence-electron chi connectivity index (χ4n) is 1.70. The van der Waals surface area contributed by atoms with Crippen molar-refractivity contribution >= 4 is 55.7 Å². The molecule has 2 nitrogen and oxygen atoms in total. The van der Waals surface area contributed by atoms with Crippen molar-refractivity contribution in [3.8, 4) is 16.3 Å². The molecule has 0 aliphatic heterocycles. The SMILES string of the molecule is Oc1ccc(I)cc1-c1nc2cc(Cl)ccc2s1. The highest BCUT2D eigenvalue weighted by atomic mass is 127. The maximum atomic E-state index is 9.91. The molecule has 0 radical (unpaired) electrons. The predicted molar refractivity (Wildman–Crippen MR) is 84.4 cm³/mol. The van der Waals surface area contributed by atoms with Gasteiger partial charge in [-0.2, -0.15) is 0 Å². The monoisotopic (exact) mass is 387 g/mol. The molecule has 1 N–H and O–H groups in total. The van der Waals surface area contributed by atoms with Crippen LogP contribution in [-0.2, 0) is 0 Å². The summed E-state index contributed by atoms with van der Waals surface area (Å²) in [7, 11) is 0. The molecule has 0 aliphatic carbocycles. The molecular formula is C13H7ClINOS. The molecule has 1 aromatic heterocycles. The van der Waals surface area contributed by atoms with Gasteiger partial charge in [-0.25, -0.2) is 4.98 Å². The summed E-state index contributed by atoms with van der Waals surface area (Å²) in [6.07, 6.45) is 0. The van der Waals surface area contributed by atoms with Crippen molar-refractivity contribution in [3.05, 3.63) is 45.0 Å². The summed E-state index contributed by atoms with van der Waals surface area (Å²) in [5, 5.41) is 11.4. The Morgan fingerprint density at radius 2 is 2.00 bits per heavy atom. The number of phenols is 1. The van der Waals surface area contributed by atoms with E-state index in [0.717, 1.165) is 24.4 Å². The summed E-state index contributed by atoms with van der Waals surface area (Å²) in [4.78, 5) is 4.52. The number of halogens is 2. The number of benzene rings is 2. The van der Waals surface area contributed by atoms with Crippen molar-refractivity contribution in [2.24, 2.45) is 0 Å². The van der Waals surface area contributed by atoms with Gasteiger partial charge >= 0.3 is 0 Å². The second-order valence-electron chi connectivity index (χ2n) is 3.79. The maximum absolute atomic E-state index is 9.91. The lowest BCUT2D eigenvalue weighted by Crippen LogP contribution is -1.79. The molecule has 18 heavy (non-hydrogen) atoms. The first-order valence-electron chi connectivity index (χ1n) is 5.18. The highest BCUT2D eigenvalue weighted by molar-refractivity contribution is 14.1. The molecule has 5 heteroatoms. The van der Waals surface area contributed by atoms with E-state index in [1.165, 1.54) is 0 Å². The molecule has 0 spiro atoms. The number of aromatic hydroxyl groups is 1. The van der Waals surface area contributed by atoms with Crippen LogP contribution in [-0.4, -0.2) is 10.1 Å². The highest BCUT2D eigenvalue weighted by Crippen LogP contribution is 2.36. The molecule has 0 atom stereocenters. The van der Waals surface area contributed by atoms with E-state index in [-0.39, 0.29) is 5.75 Å². The fourth-order valence-corrected chi connectivity index (χ4v) is 3.32. The molecule has 3 rings (SSSR count). The lowest BCUT2D eigenvalue weighted by Gasteiger charge is -2.00. The summed E-state index contributed by atoms with van der Waals surface area (Å²) in [5.41, 5.74) is 1.62. The smallest absolute Gasteiger partial charge is 0.128 e. The van der Waals surface area contributed by atoms with Gasteiger partial charge in [-0.15, -0.1) is 11.3 Å². The highest BCUT2D eigenvalue weighted by Gasteiger charge is 2.11. The Morgan fingerprint density at radius 1 is 1.17 bits per heavy atom. The van der Waals surface area contributed by atoms with Crippen molar-refractivity contribution in [2.75, 3.05) is 0 Å². The first kappa shape index (κ1) is 12.2. The molecule has 1 heterocycles. The summed E-state index contributed by atoms with van der Waals surface area (Å²) in [6.45, 7) is 0. The number of rotatable bonds is 1. The van der Waals surface area contributed by atoms with E-state index in [1.807, 2.05) is 30.3 Å². The topological polar surface area (TPSA) is 33.1 Å². The van der Waals surface area contributed by atoms with Gasteiger partial charge in [0.1, 0.15) is 10.8 Å². The molecule has 0 bridgehead atoms. The van der Waals surface area contributed by atoms with Gasteiger partial charge in [-0.3, -0.25) is 0 Å². The second-order valence-corrected chi connectivity index (χ2v) is 6.51. The molecule has 0 amide bonds. The van der Waals surface area contributed by atoms with Gasteiger partial charge in [0.05, 0.1) is 15.8 Å². The van der Waals surface area contributed by atoms with Crippen molar-refractivity contribution < 1.29 is 5.11 Å². The largest absolute Gasteiger partial charge is 0.507 e. The van der Waals surface area contributed by atoms with Crippen LogP contribution in [0, 0.1) is 3.57 Å². The van der Waals surface area contributed by atoms with Crippen LogP contribution in [0.25, 0.3) is 20.8 Å². The van der Waals surface area contributed by atoms with Crippen LogP contribution >= 0.6 is 45.5 Å². The van der Waals surface area contributed by atoms with Crippen LogP contribution in [0.3, 0.4) is 0 Å². The number of hydrogen-bond acceptors (Lipinski definition) is 3. The van der Waals surface area contributed by atoms with Gasteiger partial charge in [-0.05, 0) is 59.0 Å². The molecule has 2 aromatic carbocycles. The quantitative estimate of drug-likeness (QED) is 0.601. The second kappa shape index (κ2) is 4.68. The Bertz CT molecular complexity index is 741. The molecule has 0 fully saturated rings. The van der Waals surface area contributed by atoms with E-state index in [0.29, 0.717) is 5.02 Å². The van der Waals surface area contributed by atoms with Crippen LogP contribution in [0.5, 0.6) is 5.75 Å². The van der Waals surface area contributed by atoms with Crippen LogP contribution in [0.15, 0.2) is 36.4 Å². The Hall–Kier alpha value is -0.850. The molecule has 90 valence electrons. The van der Waals surface area contributed by atoms with E-state index in [4.69, 9.17) is 11.6 Å². The van der Waals surface area contributed by atoms with Gasteiger partial charge in [0, 0.05) is 8.59 Å². The van der Waals surface area contributed by atoms with E-state index in [1.54, 1.807) is 17.4 Å². The minimum Gasteiger partial charge on any atom is -0.507 e. The summed E-state index contributed by atoms with van der Waals surface area (Å²) in [6, 6.07) is 11.1. The average Bonchev–Trinajstić information content (AvgIpc) is 2.74. The fraction of sp³-hybridized carbons (Fsp3) is 0. The van der Waals surface area contributed by atoms with Crippen LogP contribution in [0.4, 0.5) is 0 Å². The number of phenolic OH excluding ortho intramolecular Hbond substituents is 1. The van der Waals surface area contributed by atoms with Crippen molar-refractivity contribution in [1.82, 2.24) is 4.98 Å². The Labute approximate surface area is 126 Å². The summed E-state index contributed by atoms with van der Waals surface area (Å²) in [5.74, 6) is 0.251. The number of nitrogens with zero attached hydrogens (tertiary/aromatic N) is 1.